The van der Waals surface area contributed by atoms with Gasteiger partial charge in [0, 0.05) is 6.54 Å². The molecule has 0 bridgehead atoms. The minimum Gasteiger partial charge on any atom is -0.459 e. The van der Waals surface area contributed by atoms with Gasteiger partial charge < -0.3 is 30.9 Å². The minimum absolute atomic E-state index is 0.0333. The maximum Gasteiger partial charge on any atom is 0.407 e. The van der Waals surface area contributed by atoms with Gasteiger partial charge in [0.2, 0.25) is 5.91 Å². The number of esters is 1. The molecule has 184 valence electrons. The summed E-state index contributed by atoms with van der Waals surface area (Å²) in [6.45, 7) is 1.99. The molecule has 2 aromatic rings. The zero-order valence-electron chi connectivity index (χ0n) is 19.3. The third-order valence-electron chi connectivity index (χ3n) is 5.02. The van der Waals surface area contributed by atoms with E-state index in [-0.39, 0.29) is 13.2 Å². The lowest BCUT2D eigenvalue weighted by molar-refractivity contribution is -0.152. The highest BCUT2D eigenvalue weighted by molar-refractivity contribution is 5.87. The van der Waals surface area contributed by atoms with Crippen LogP contribution in [0.15, 0.2) is 60.7 Å². The number of nitrogens with one attached hydrogen (secondary N) is 2. The molecule has 0 saturated carbocycles. The Morgan fingerprint density at radius 1 is 0.912 bits per heavy atom. The molecule has 0 spiro atoms. The normalized spacial score (nSPS) is 13.3. The lowest BCUT2D eigenvalue weighted by Gasteiger charge is -2.22. The number of unbranched alkanes of at least 4 members (excludes halogenated alkanes) is 1. The lowest BCUT2D eigenvalue weighted by atomic mass is 10.1. The predicted molar refractivity (Wildman–Crippen MR) is 126 cm³/mol. The second kappa shape index (κ2) is 14.7. The van der Waals surface area contributed by atoms with E-state index >= 15 is 0 Å². The van der Waals surface area contributed by atoms with Gasteiger partial charge in [0.05, 0.1) is 12.1 Å². The van der Waals surface area contributed by atoms with Gasteiger partial charge in [-0.1, -0.05) is 60.7 Å². The van der Waals surface area contributed by atoms with Crippen molar-refractivity contribution in [2.75, 3.05) is 6.54 Å². The quantitative estimate of drug-likeness (QED) is 0.259. The Bertz CT molecular complexity index is 892. The Labute approximate surface area is 199 Å². The van der Waals surface area contributed by atoms with Crippen LogP contribution in [0.3, 0.4) is 0 Å². The van der Waals surface area contributed by atoms with Crippen LogP contribution in [0.2, 0.25) is 0 Å². The molecule has 5 N–H and O–H groups in total. The predicted octanol–water partition coefficient (Wildman–Crippen LogP) is 2.02. The number of ether oxygens (including phenoxy) is 2. The number of amides is 2. The van der Waals surface area contributed by atoms with E-state index in [1.54, 1.807) is 12.1 Å². The van der Waals surface area contributed by atoms with Crippen LogP contribution < -0.4 is 16.4 Å². The Balaban J connectivity index is 1.64. The second-order valence-corrected chi connectivity index (χ2v) is 7.91. The number of aliphatic hydroxyl groups is 1. The van der Waals surface area contributed by atoms with Crippen molar-refractivity contribution >= 4 is 18.0 Å². The molecule has 3 atom stereocenters. The molecule has 0 saturated heterocycles. The Hall–Kier alpha value is -3.43. The van der Waals surface area contributed by atoms with E-state index in [2.05, 4.69) is 10.6 Å². The van der Waals surface area contributed by atoms with E-state index < -0.39 is 36.2 Å². The van der Waals surface area contributed by atoms with Crippen LogP contribution in [0.4, 0.5) is 4.79 Å². The highest BCUT2D eigenvalue weighted by atomic mass is 16.5. The largest absolute Gasteiger partial charge is 0.459 e. The lowest BCUT2D eigenvalue weighted by Crippen LogP contribution is -2.53. The van der Waals surface area contributed by atoms with Crippen molar-refractivity contribution < 1.29 is 29.0 Å². The number of alkyl carbamates (subject to hydrolysis) is 1. The summed E-state index contributed by atoms with van der Waals surface area (Å²) in [7, 11) is 0. The third-order valence-corrected chi connectivity index (χ3v) is 5.02. The highest BCUT2D eigenvalue weighted by Crippen LogP contribution is 2.06. The van der Waals surface area contributed by atoms with Gasteiger partial charge in [-0.2, -0.15) is 0 Å². The monoisotopic (exact) mass is 471 g/mol. The Morgan fingerprint density at radius 2 is 1.47 bits per heavy atom. The molecule has 34 heavy (non-hydrogen) atoms. The molecular weight excluding hydrogens is 438 g/mol. The van der Waals surface area contributed by atoms with Crippen LogP contribution in [0.1, 0.15) is 37.3 Å². The molecule has 9 nitrogen and oxygen atoms in total. The molecule has 0 radical (unpaired) electrons. The first-order valence-corrected chi connectivity index (χ1v) is 11.3. The molecule has 9 heteroatoms. The summed E-state index contributed by atoms with van der Waals surface area (Å²) >= 11 is 0. The van der Waals surface area contributed by atoms with Crippen molar-refractivity contribution in [2.24, 2.45) is 5.73 Å². The summed E-state index contributed by atoms with van der Waals surface area (Å²) in [6.07, 6.45) is -0.144. The Morgan fingerprint density at radius 3 is 2.03 bits per heavy atom. The van der Waals surface area contributed by atoms with E-state index in [9.17, 15) is 19.5 Å². The maximum atomic E-state index is 12.4. The summed E-state index contributed by atoms with van der Waals surface area (Å²) < 4.78 is 10.3. The fraction of sp³-hybridized carbons (Fsp3) is 0.400. The molecule has 0 aromatic heterocycles. The number of rotatable bonds is 13. The average Bonchev–Trinajstić information content (AvgIpc) is 2.85. The first-order valence-electron chi connectivity index (χ1n) is 11.3. The number of carbonyl (C=O) groups excluding carboxylic acids is 3. The summed E-state index contributed by atoms with van der Waals surface area (Å²) in [5, 5.41) is 15.0. The summed E-state index contributed by atoms with van der Waals surface area (Å²) in [5.41, 5.74) is 7.62. The first kappa shape index (κ1) is 26.8. The fourth-order valence-corrected chi connectivity index (χ4v) is 3.04. The number of benzene rings is 2. The molecule has 2 amide bonds. The maximum absolute atomic E-state index is 12.4. The van der Waals surface area contributed by atoms with Crippen molar-refractivity contribution in [3.63, 3.8) is 0 Å². The highest BCUT2D eigenvalue weighted by Gasteiger charge is 2.29. The number of carbonyl (C=O) groups is 3. The van der Waals surface area contributed by atoms with Crippen LogP contribution in [-0.2, 0) is 32.3 Å². The first-order chi connectivity index (χ1) is 16.4. The number of aliphatic hydroxyl groups excluding tert-OH is 1. The van der Waals surface area contributed by atoms with Crippen molar-refractivity contribution in [3.05, 3.63) is 71.8 Å². The van der Waals surface area contributed by atoms with Crippen molar-refractivity contribution in [3.8, 4) is 0 Å². The molecule has 0 heterocycles. The zero-order valence-corrected chi connectivity index (χ0v) is 19.3. The topological polar surface area (TPSA) is 140 Å². The second-order valence-electron chi connectivity index (χ2n) is 7.91. The van der Waals surface area contributed by atoms with Crippen LogP contribution in [0, 0.1) is 0 Å². The number of nitrogens with two attached hydrogens (primary N) is 1. The molecule has 0 fully saturated rings. The van der Waals surface area contributed by atoms with Gasteiger partial charge in [-0.15, -0.1) is 0 Å². The van der Waals surface area contributed by atoms with E-state index in [0.717, 1.165) is 11.1 Å². The van der Waals surface area contributed by atoms with Gasteiger partial charge in [0.25, 0.3) is 0 Å². The summed E-state index contributed by atoms with van der Waals surface area (Å²) in [4.78, 5) is 36.4. The number of hydrogen-bond donors (Lipinski definition) is 4. The van der Waals surface area contributed by atoms with E-state index in [1.165, 1.54) is 6.92 Å². The van der Waals surface area contributed by atoms with Gasteiger partial charge in [-0.05, 0) is 37.3 Å². The standard InChI is InChI=1S/C25H33N3O6/c1-18(29)22(24(31)33-16-19-10-4-2-5-11-19)28-23(30)21(26)14-8-9-15-27-25(32)34-17-20-12-6-3-7-13-20/h2-7,10-13,18,21-22,29H,8-9,14-17,26H2,1H3,(H,27,32)(H,28,30)/t18-,21+,22+/m1/s1. The summed E-state index contributed by atoms with van der Waals surface area (Å²) in [5.74, 6) is -1.30. The molecule has 2 rings (SSSR count). The third kappa shape index (κ3) is 10.0. The minimum atomic E-state index is -1.22. The molecule has 0 aliphatic heterocycles. The van der Waals surface area contributed by atoms with Gasteiger partial charge in [-0.3, -0.25) is 4.79 Å². The van der Waals surface area contributed by atoms with Crippen LogP contribution in [-0.4, -0.2) is 47.8 Å². The number of hydrogen-bond acceptors (Lipinski definition) is 7. The van der Waals surface area contributed by atoms with Crippen LogP contribution >= 0.6 is 0 Å². The van der Waals surface area contributed by atoms with Gasteiger partial charge in [0.1, 0.15) is 13.2 Å². The van der Waals surface area contributed by atoms with Crippen molar-refractivity contribution in [1.82, 2.24) is 10.6 Å². The van der Waals surface area contributed by atoms with E-state index in [0.29, 0.717) is 25.8 Å². The van der Waals surface area contributed by atoms with Crippen molar-refractivity contribution in [1.29, 1.82) is 0 Å². The van der Waals surface area contributed by atoms with E-state index in [4.69, 9.17) is 15.2 Å². The SMILES string of the molecule is C[C@@H](O)[C@H](NC(=O)[C@@H](N)CCCCNC(=O)OCc1ccccc1)C(=O)OCc1ccccc1. The molecule has 0 aliphatic rings. The summed E-state index contributed by atoms with van der Waals surface area (Å²) in [6, 6.07) is 16.4. The van der Waals surface area contributed by atoms with Gasteiger partial charge in [-0.25, -0.2) is 9.59 Å². The Kier molecular flexibility index (Phi) is 11.6. The van der Waals surface area contributed by atoms with Crippen LogP contribution in [0.5, 0.6) is 0 Å². The fourth-order valence-electron chi connectivity index (χ4n) is 3.04. The molecule has 0 unspecified atom stereocenters. The van der Waals surface area contributed by atoms with Gasteiger partial charge in [0.15, 0.2) is 6.04 Å². The van der Waals surface area contributed by atoms with Gasteiger partial charge >= 0.3 is 12.1 Å². The molecule has 0 aliphatic carbocycles. The van der Waals surface area contributed by atoms with Crippen molar-refractivity contribution in [2.45, 2.75) is 57.6 Å². The zero-order chi connectivity index (χ0) is 24.8. The average molecular weight is 472 g/mol. The van der Waals surface area contributed by atoms with Crippen LogP contribution in [0.25, 0.3) is 0 Å². The molecular formula is C25H33N3O6. The smallest absolute Gasteiger partial charge is 0.407 e. The van der Waals surface area contributed by atoms with E-state index in [1.807, 2.05) is 48.5 Å². The molecule has 2 aromatic carbocycles.